The highest BCUT2D eigenvalue weighted by Gasteiger charge is 2.29. The fraction of sp³-hybridized carbons (Fsp3) is 0.125. The predicted octanol–water partition coefficient (Wildman–Crippen LogP) is 3.93. The molecular weight excluding hydrogens is 404 g/mol. The number of anilines is 2. The standard InChI is InChI=1S/C24H20N6O2/c31-23(16-8-9-16)28-21-11-10-18(14-26-21)27-24(32)20-15-30(19-6-2-1-3-7-19)29-22(20)17-5-4-12-25-13-17/h1-7,10-16H,8-9H2,(H,27,32)(H,26,28,31). The zero-order chi connectivity index (χ0) is 21.9. The van der Waals surface area contributed by atoms with Crippen LogP contribution in [0.3, 0.4) is 0 Å². The Bertz CT molecular complexity index is 1250. The van der Waals surface area contributed by atoms with Crippen molar-refractivity contribution in [3.8, 4) is 16.9 Å². The summed E-state index contributed by atoms with van der Waals surface area (Å²) in [6.45, 7) is 0. The normalized spacial score (nSPS) is 12.9. The maximum absolute atomic E-state index is 13.1. The number of nitrogens with one attached hydrogen (secondary N) is 2. The molecule has 3 aromatic heterocycles. The van der Waals surface area contributed by atoms with Crippen LogP contribution in [0, 0.1) is 5.92 Å². The van der Waals surface area contributed by atoms with Gasteiger partial charge in [-0.15, -0.1) is 0 Å². The van der Waals surface area contributed by atoms with Crippen LogP contribution >= 0.6 is 0 Å². The van der Waals surface area contributed by atoms with Crippen molar-refractivity contribution >= 4 is 23.3 Å². The molecule has 5 rings (SSSR count). The van der Waals surface area contributed by atoms with Gasteiger partial charge in [0.15, 0.2) is 0 Å². The van der Waals surface area contributed by atoms with E-state index in [0.29, 0.717) is 22.8 Å². The zero-order valence-corrected chi connectivity index (χ0v) is 17.1. The van der Waals surface area contributed by atoms with Gasteiger partial charge in [0.1, 0.15) is 11.5 Å². The number of rotatable bonds is 6. The minimum absolute atomic E-state index is 0.0104. The topological polar surface area (TPSA) is 102 Å². The van der Waals surface area contributed by atoms with Crippen LogP contribution in [0.2, 0.25) is 0 Å². The average Bonchev–Trinajstić information content (AvgIpc) is 3.59. The lowest BCUT2D eigenvalue weighted by Gasteiger charge is -2.07. The van der Waals surface area contributed by atoms with Gasteiger partial charge in [-0.2, -0.15) is 5.10 Å². The van der Waals surface area contributed by atoms with Crippen molar-refractivity contribution in [2.24, 2.45) is 5.92 Å². The maximum Gasteiger partial charge on any atom is 0.259 e. The maximum atomic E-state index is 13.1. The van der Waals surface area contributed by atoms with E-state index in [0.717, 1.165) is 24.1 Å². The van der Waals surface area contributed by atoms with E-state index in [1.165, 1.54) is 6.20 Å². The lowest BCUT2D eigenvalue weighted by molar-refractivity contribution is -0.117. The Kier molecular flexibility index (Phi) is 5.17. The summed E-state index contributed by atoms with van der Waals surface area (Å²) >= 11 is 0. The second-order valence-corrected chi connectivity index (χ2v) is 7.56. The molecule has 158 valence electrons. The van der Waals surface area contributed by atoms with Crippen LogP contribution < -0.4 is 10.6 Å². The summed E-state index contributed by atoms with van der Waals surface area (Å²) in [6.07, 6.45) is 8.42. The fourth-order valence-corrected chi connectivity index (χ4v) is 3.28. The second kappa shape index (κ2) is 8.43. The molecule has 1 fully saturated rings. The van der Waals surface area contributed by atoms with E-state index in [1.54, 1.807) is 41.5 Å². The SMILES string of the molecule is O=C(Nc1ccc(NC(=O)C2CC2)nc1)c1cn(-c2ccccc2)nc1-c1cccnc1. The monoisotopic (exact) mass is 424 g/mol. The molecule has 2 amide bonds. The number of benzene rings is 1. The third kappa shape index (κ3) is 4.24. The molecule has 4 aromatic rings. The van der Waals surface area contributed by atoms with Crippen LogP contribution in [-0.2, 0) is 4.79 Å². The number of hydrogen-bond donors (Lipinski definition) is 2. The predicted molar refractivity (Wildman–Crippen MR) is 120 cm³/mol. The summed E-state index contributed by atoms with van der Waals surface area (Å²) in [7, 11) is 0. The summed E-state index contributed by atoms with van der Waals surface area (Å²) < 4.78 is 1.67. The summed E-state index contributed by atoms with van der Waals surface area (Å²) in [6, 6.07) is 16.6. The third-order valence-corrected chi connectivity index (χ3v) is 5.14. The van der Waals surface area contributed by atoms with Crippen LogP contribution in [0.5, 0.6) is 0 Å². The molecule has 1 aromatic carbocycles. The number of para-hydroxylation sites is 1. The van der Waals surface area contributed by atoms with Gasteiger partial charge in [-0.3, -0.25) is 14.6 Å². The van der Waals surface area contributed by atoms with Crippen molar-refractivity contribution in [1.82, 2.24) is 19.7 Å². The largest absolute Gasteiger partial charge is 0.320 e. The highest BCUT2D eigenvalue weighted by molar-refractivity contribution is 6.08. The third-order valence-electron chi connectivity index (χ3n) is 5.14. The van der Waals surface area contributed by atoms with Crippen molar-refractivity contribution in [3.05, 3.63) is 84.9 Å². The van der Waals surface area contributed by atoms with E-state index in [4.69, 9.17) is 0 Å². The van der Waals surface area contributed by atoms with Gasteiger partial charge in [0.25, 0.3) is 5.91 Å². The highest BCUT2D eigenvalue weighted by atomic mass is 16.2. The molecule has 32 heavy (non-hydrogen) atoms. The van der Waals surface area contributed by atoms with Crippen molar-refractivity contribution in [2.45, 2.75) is 12.8 Å². The number of amides is 2. The first-order chi connectivity index (χ1) is 15.7. The van der Waals surface area contributed by atoms with Crippen LogP contribution in [0.1, 0.15) is 23.2 Å². The first kappa shape index (κ1) is 19.6. The van der Waals surface area contributed by atoms with Crippen LogP contribution in [0.4, 0.5) is 11.5 Å². The molecule has 2 N–H and O–H groups in total. The van der Waals surface area contributed by atoms with Gasteiger partial charge in [0.2, 0.25) is 5.91 Å². The summed E-state index contributed by atoms with van der Waals surface area (Å²) in [4.78, 5) is 33.4. The van der Waals surface area contributed by atoms with Gasteiger partial charge >= 0.3 is 0 Å². The Balaban J connectivity index is 1.40. The number of pyridine rings is 2. The van der Waals surface area contributed by atoms with Crippen LogP contribution in [-0.4, -0.2) is 31.6 Å². The summed E-state index contributed by atoms with van der Waals surface area (Å²) in [5.41, 5.74) is 3.04. The Morgan fingerprint density at radius 3 is 2.47 bits per heavy atom. The van der Waals surface area contributed by atoms with Gasteiger partial charge in [0.05, 0.1) is 23.1 Å². The number of nitrogens with zero attached hydrogens (tertiary/aromatic N) is 4. The molecule has 0 unspecified atom stereocenters. The van der Waals surface area contributed by atoms with Crippen molar-refractivity contribution in [1.29, 1.82) is 0 Å². The smallest absolute Gasteiger partial charge is 0.259 e. The quantitative estimate of drug-likeness (QED) is 0.488. The molecule has 0 radical (unpaired) electrons. The van der Waals surface area contributed by atoms with E-state index < -0.39 is 0 Å². The van der Waals surface area contributed by atoms with E-state index >= 15 is 0 Å². The summed E-state index contributed by atoms with van der Waals surface area (Å²) in [5, 5.41) is 10.3. The Morgan fingerprint density at radius 2 is 1.78 bits per heavy atom. The number of aromatic nitrogens is 4. The summed E-state index contributed by atoms with van der Waals surface area (Å²) in [5.74, 6) is 0.238. The molecule has 8 nitrogen and oxygen atoms in total. The van der Waals surface area contributed by atoms with Gasteiger partial charge < -0.3 is 10.6 Å². The van der Waals surface area contributed by atoms with Crippen LogP contribution in [0.25, 0.3) is 16.9 Å². The van der Waals surface area contributed by atoms with E-state index in [-0.39, 0.29) is 17.7 Å². The molecule has 3 heterocycles. The molecular formula is C24H20N6O2. The molecule has 8 heteroatoms. The van der Waals surface area contributed by atoms with Crippen molar-refractivity contribution in [2.75, 3.05) is 10.6 Å². The number of carbonyl (C=O) groups excluding carboxylic acids is 2. The molecule has 1 saturated carbocycles. The minimum Gasteiger partial charge on any atom is -0.320 e. The zero-order valence-electron chi connectivity index (χ0n) is 17.1. The number of hydrogen-bond acceptors (Lipinski definition) is 5. The molecule has 0 spiro atoms. The lowest BCUT2D eigenvalue weighted by Crippen LogP contribution is -2.15. The van der Waals surface area contributed by atoms with E-state index in [2.05, 4.69) is 25.7 Å². The van der Waals surface area contributed by atoms with Crippen molar-refractivity contribution in [3.63, 3.8) is 0 Å². The second-order valence-electron chi connectivity index (χ2n) is 7.56. The molecule has 0 saturated heterocycles. The van der Waals surface area contributed by atoms with Gasteiger partial charge in [0, 0.05) is 30.1 Å². The minimum atomic E-state index is -0.317. The Morgan fingerprint density at radius 1 is 0.938 bits per heavy atom. The lowest BCUT2D eigenvalue weighted by atomic mass is 10.1. The first-order valence-electron chi connectivity index (χ1n) is 10.3. The van der Waals surface area contributed by atoms with Crippen LogP contribution in [0.15, 0.2) is 79.4 Å². The Hall–Kier alpha value is -4.33. The fourth-order valence-electron chi connectivity index (χ4n) is 3.28. The van der Waals surface area contributed by atoms with E-state index in [1.807, 2.05) is 36.4 Å². The van der Waals surface area contributed by atoms with Gasteiger partial charge in [-0.1, -0.05) is 18.2 Å². The molecule has 0 aliphatic heterocycles. The van der Waals surface area contributed by atoms with Gasteiger partial charge in [-0.25, -0.2) is 9.67 Å². The molecule has 1 aliphatic rings. The van der Waals surface area contributed by atoms with E-state index in [9.17, 15) is 9.59 Å². The Labute approximate surface area is 184 Å². The molecule has 0 bridgehead atoms. The number of carbonyl (C=O) groups is 2. The molecule has 1 aliphatic carbocycles. The average molecular weight is 424 g/mol. The van der Waals surface area contributed by atoms with Gasteiger partial charge in [-0.05, 0) is 49.2 Å². The molecule has 0 atom stereocenters. The van der Waals surface area contributed by atoms with Crippen molar-refractivity contribution < 1.29 is 9.59 Å². The first-order valence-corrected chi connectivity index (χ1v) is 10.3. The highest BCUT2D eigenvalue weighted by Crippen LogP contribution is 2.30.